The van der Waals surface area contributed by atoms with Crippen molar-refractivity contribution in [2.24, 2.45) is 0 Å². The molecule has 1 aliphatic rings. The lowest BCUT2D eigenvalue weighted by Gasteiger charge is -1.95. The lowest BCUT2D eigenvalue weighted by Crippen LogP contribution is -2.08. The topological polar surface area (TPSA) is 52.5 Å². The first-order chi connectivity index (χ1) is 5.75. The molecular weight excluding hydrogens is 173 g/mol. The first-order valence-corrected chi connectivity index (χ1v) is 3.35. The summed E-state index contributed by atoms with van der Waals surface area (Å²) in [5.74, 6) is -0.347. The zero-order valence-corrected chi connectivity index (χ0v) is 6.68. The van der Waals surface area contributed by atoms with Crippen molar-refractivity contribution in [1.82, 2.24) is 5.32 Å². The molecule has 0 saturated heterocycles. The Morgan fingerprint density at radius 2 is 2.00 bits per heavy atom. The van der Waals surface area contributed by atoms with Crippen LogP contribution in [0.1, 0.15) is 7.43 Å². The summed E-state index contributed by atoms with van der Waals surface area (Å²) in [4.78, 5) is 0. The van der Waals surface area contributed by atoms with Gasteiger partial charge in [-0.1, -0.05) is 26.7 Å². The monoisotopic (exact) mass is 189 g/mol. The van der Waals surface area contributed by atoms with Gasteiger partial charge in [-0.05, 0) is 5.57 Å². The Kier molecular flexibility index (Phi) is 8.58. The third-order valence-electron chi connectivity index (χ3n) is 1.58. The molecule has 0 unspecified atom stereocenters. The molecule has 0 bridgehead atoms. The Labute approximate surface area is 77.8 Å². The molecule has 0 radical (unpaired) electrons. The van der Waals surface area contributed by atoms with Gasteiger partial charge in [-0.2, -0.15) is 0 Å². The van der Waals surface area contributed by atoms with Gasteiger partial charge < -0.3 is 5.32 Å². The molecular formula is C9H16FNO2. The van der Waals surface area contributed by atoms with Crippen molar-refractivity contribution >= 4 is 0 Å². The molecule has 0 aromatic rings. The minimum atomic E-state index is -0.347. The maximum absolute atomic E-state index is 12.5. The molecule has 0 amide bonds. The minimum Gasteiger partial charge on any atom is -0.308 e. The zero-order chi connectivity index (χ0) is 9.56. The van der Waals surface area contributed by atoms with E-state index in [1.165, 1.54) is 0 Å². The van der Waals surface area contributed by atoms with Crippen molar-refractivity contribution in [3.8, 4) is 0 Å². The van der Waals surface area contributed by atoms with Crippen molar-refractivity contribution in [2.75, 3.05) is 13.1 Å². The molecule has 1 aliphatic heterocycles. The SMILES string of the molecule is C.C=CC1=C(C(=C)F)CNC1.OO. The van der Waals surface area contributed by atoms with Gasteiger partial charge in [0.15, 0.2) is 0 Å². The second-order valence-corrected chi connectivity index (χ2v) is 2.22. The van der Waals surface area contributed by atoms with Crippen LogP contribution < -0.4 is 5.32 Å². The summed E-state index contributed by atoms with van der Waals surface area (Å²) < 4.78 is 12.5. The largest absolute Gasteiger partial charge is 0.308 e. The number of halogens is 1. The summed E-state index contributed by atoms with van der Waals surface area (Å²) >= 11 is 0. The Balaban J connectivity index is 0. The lowest BCUT2D eigenvalue weighted by atomic mass is 10.1. The summed E-state index contributed by atoms with van der Waals surface area (Å²) in [6.45, 7) is 8.08. The van der Waals surface area contributed by atoms with Gasteiger partial charge >= 0.3 is 0 Å². The predicted molar refractivity (Wildman–Crippen MR) is 52.3 cm³/mol. The fourth-order valence-electron chi connectivity index (χ4n) is 1.01. The third-order valence-corrected chi connectivity index (χ3v) is 1.58. The molecule has 0 aromatic heterocycles. The molecule has 0 fully saturated rings. The minimum absolute atomic E-state index is 0. The standard InChI is InChI=1S/C8H10FN.CH4.H2O2/c1-3-7-4-10-5-8(7)6(2)9;;1-2/h3,10H,1-2,4-5H2;1H4;1-2H. The van der Waals surface area contributed by atoms with Crippen molar-refractivity contribution < 1.29 is 14.9 Å². The van der Waals surface area contributed by atoms with Crippen molar-refractivity contribution in [3.05, 3.63) is 36.2 Å². The van der Waals surface area contributed by atoms with E-state index < -0.39 is 0 Å². The molecule has 0 aromatic carbocycles. The van der Waals surface area contributed by atoms with E-state index in [1.54, 1.807) is 6.08 Å². The van der Waals surface area contributed by atoms with Crippen LogP contribution in [-0.4, -0.2) is 23.6 Å². The predicted octanol–water partition coefficient (Wildman–Crippen LogP) is 2.21. The number of rotatable bonds is 2. The van der Waals surface area contributed by atoms with E-state index in [1.807, 2.05) is 0 Å². The van der Waals surface area contributed by atoms with Crippen LogP contribution in [0.2, 0.25) is 0 Å². The molecule has 0 saturated carbocycles. The van der Waals surface area contributed by atoms with Gasteiger partial charge in [0.05, 0.1) is 0 Å². The quantitative estimate of drug-likeness (QED) is 0.461. The highest BCUT2D eigenvalue weighted by Crippen LogP contribution is 2.18. The Morgan fingerprint density at radius 1 is 1.46 bits per heavy atom. The van der Waals surface area contributed by atoms with Crippen LogP contribution in [-0.2, 0) is 0 Å². The summed E-state index contributed by atoms with van der Waals surface area (Å²) in [5.41, 5.74) is 1.59. The summed E-state index contributed by atoms with van der Waals surface area (Å²) in [7, 11) is 0. The number of hydrogen-bond acceptors (Lipinski definition) is 3. The Hall–Kier alpha value is -0.970. The van der Waals surface area contributed by atoms with Gasteiger partial charge in [0.25, 0.3) is 0 Å². The Morgan fingerprint density at radius 3 is 2.31 bits per heavy atom. The fourth-order valence-corrected chi connectivity index (χ4v) is 1.01. The molecule has 76 valence electrons. The van der Waals surface area contributed by atoms with Crippen LogP contribution in [0.15, 0.2) is 36.2 Å². The maximum Gasteiger partial charge on any atom is 0.120 e. The first kappa shape index (κ1) is 14.5. The van der Waals surface area contributed by atoms with E-state index in [0.717, 1.165) is 5.57 Å². The van der Waals surface area contributed by atoms with Crippen LogP contribution in [0.25, 0.3) is 0 Å². The maximum atomic E-state index is 12.5. The van der Waals surface area contributed by atoms with Crippen LogP contribution in [0.5, 0.6) is 0 Å². The molecule has 3 nitrogen and oxygen atoms in total. The normalized spacial score (nSPS) is 14.1. The molecule has 1 rings (SSSR count). The zero-order valence-electron chi connectivity index (χ0n) is 6.68. The second-order valence-electron chi connectivity index (χ2n) is 2.22. The molecule has 0 spiro atoms. The average Bonchev–Trinajstić information content (AvgIpc) is 2.55. The summed E-state index contributed by atoms with van der Waals surface area (Å²) in [5, 5.41) is 15.0. The fraction of sp³-hybridized carbons (Fsp3) is 0.333. The van der Waals surface area contributed by atoms with Crippen molar-refractivity contribution in [2.45, 2.75) is 7.43 Å². The smallest absolute Gasteiger partial charge is 0.120 e. The lowest BCUT2D eigenvalue weighted by molar-refractivity contribution is -0.176. The van der Waals surface area contributed by atoms with Crippen molar-refractivity contribution in [3.63, 3.8) is 0 Å². The highest BCUT2D eigenvalue weighted by atomic mass is 19.1. The van der Waals surface area contributed by atoms with Crippen LogP contribution >= 0.6 is 0 Å². The highest BCUT2D eigenvalue weighted by molar-refractivity contribution is 5.40. The van der Waals surface area contributed by atoms with Gasteiger partial charge in [-0.25, -0.2) is 4.39 Å². The van der Waals surface area contributed by atoms with Crippen LogP contribution in [0, 0.1) is 0 Å². The number of hydrogen-bond donors (Lipinski definition) is 3. The van der Waals surface area contributed by atoms with Gasteiger partial charge in [0.2, 0.25) is 0 Å². The second kappa shape index (κ2) is 7.67. The number of nitrogens with one attached hydrogen (secondary N) is 1. The average molecular weight is 189 g/mol. The molecule has 1 heterocycles. The van der Waals surface area contributed by atoms with Crippen LogP contribution in [0.4, 0.5) is 4.39 Å². The van der Waals surface area contributed by atoms with E-state index in [-0.39, 0.29) is 13.3 Å². The van der Waals surface area contributed by atoms with Crippen molar-refractivity contribution in [1.29, 1.82) is 0 Å². The summed E-state index contributed by atoms with van der Waals surface area (Å²) in [6.07, 6.45) is 1.67. The van der Waals surface area contributed by atoms with E-state index in [9.17, 15) is 4.39 Å². The molecule has 4 heteroatoms. The Bertz CT molecular complexity index is 212. The molecule has 13 heavy (non-hydrogen) atoms. The van der Waals surface area contributed by atoms with Crippen LogP contribution in [0.3, 0.4) is 0 Å². The van der Waals surface area contributed by atoms with E-state index in [4.69, 9.17) is 10.5 Å². The molecule has 0 atom stereocenters. The summed E-state index contributed by atoms with van der Waals surface area (Å²) in [6, 6.07) is 0. The van der Waals surface area contributed by atoms with Gasteiger partial charge in [-0.3, -0.25) is 10.5 Å². The van der Waals surface area contributed by atoms with Gasteiger partial charge in [-0.15, -0.1) is 0 Å². The molecule has 3 N–H and O–H groups in total. The van der Waals surface area contributed by atoms with Gasteiger partial charge in [0.1, 0.15) is 5.83 Å². The van der Waals surface area contributed by atoms with E-state index in [2.05, 4.69) is 18.5 Å². The third kappa shape index (κ3) is 3.98. The molecule has 0 aliphatic carbocycles. The first-order valence-electron chi connectivity index (χ1n) is 3.35. The van der Waals surface area contributed by atoms with E-state index in [0.29, 0.717) is 18.7 Å². The van der Waals surface area contributed by atoms with Gasteiger partial charge in [0, 0.05) is 18.7 Å². The highest BCUT2D eigenvalue weighted by Gasteiger charge is 2.12. The van der Waals surface area contributed by atoms with E-state index >= 15 is 0 Å².